The Kier molecular flexibility index (Phi) is 9.22. The van der Waals surface area contributed by atoms with Gasteiger partial charge in [0.25, 0.3) is 11.8 Å². The van der Waals surface area contributed by atoms with E-state index in [1.54, 1.807) is 30.5 Å². The summed E-state index contributed by atoms with van der Waals surface area (Å²) in [5.74, 6) is 0.131. The molecule has 0 aromatic heterocycles. The molecule has 9 nitrogen and oxygen atoms in total. The first-order chi connectivity index (χ1) is 17.2. The molecular weight excluding hydrogens is 448 g/mol. The lowest BCUT2D eigenvalue weighted by Crippen LogP contribution is -2.35. The molecule has 2 saturated heterocycles. The number of carbonyl (C=O) groups excluding carboxylic acids is 2. The molecule has 2 aromatic carbocycles. The molecule has 9 heteroatoms. The zero-order chi connectivity index (χ0) is 24.3. The molecule has 0 saturated carbocycles. The van der Waals surface area contributed by atoms with Crippen LogP contribution in [0.1, 0.15) is 34.3 Å². The van der Waals surface area contributed by atoms with Crippen molar-refractivity contribution >= 4 is 18.0 Å². The van der Waals surface area contributed by atoms with Crippen LogP contribution in [-0.2, 0) is 20.8 Å². The Hall–Kier alpha value is -3.27. The Labute approximate surface area is 205 Å². The van der Waals surface area contributed by atoms with Crippen LogP contribution in [0.25, 0.3) is 0 Å². The second kappa shape index (κ2) is 13.0. The maximum Gasteiger partial charge on any atom is 0.271 e. The Morgan fingerprint density at radius 3 is 2.54 bits per heavy atom. The number of hydrogen-bond donors (Lipinski definition) is 2. The topological polar surface area (TPSA) is 101 Å². The standard InChI is InChI=1S/C26H32N4O5/c31-25(27-17-24-2-1-13-34-24)19-35-23-9-5-20(6-10-23)16-28-29-26(32)22-7-3-21(4-8-22)18-30-11-14-33-15-12-30/h3-10,16,24H,1-2,11-15,17-19H2,(H,27,31)(H,29,32)/b28-16-/t24-/m0/s1. The summed E-state index contributed by atoms with van der Waals surface area (Å²) in [6.07, 6.45) is 3.69. The van der Waals surface area contributed by atoms with Gasteiger partial charge in [-0.2, -0.15) is 5.10 Å². The minimum Gasteiger partial charge on any atom is -0.484 e. The quantitative estimate of drug-likeness (QED) is 0.398. The van der Waals surface area contributed by atoms with E-state index in [0.717, 1.165) is 63.4 Å². The number of rotatable bonds is 10. The van der Waals surface area contributed by atoms with Crippen molar-refractivity contribution in [2.24, 2.45) is 5.10 Å². The van der Waals surface area contributed by atoms with Gasteiger partial charge in [-0.3, -0.25) is 14.5 Å². The van der Waals surface area contributed by atoms with Gasteiger partial charge in [0.05, 0.1) is 25.5 Å². The molecular formula is C26H32N4O5. The van der Waals surface area contributed by atoms with Crippen LogP contribution in [-0.4, -0.2) is 75.1 Å². The molecule has 0 unspecified atom stereocenters. The highest BCUT2D eigenvalue weighted by molar-refractivity contribution is 5.94. The van der Waals surface area contributed by atoms with Crippen LogP contribution < -0.4 is 15.5 Å². The minimum absolute atomic E-state index is 0.0541. The third-order valence-corrected chi connectivity index (χ3v) is 5.91. The van der Waals surface area contributed by atoms with Crippen LogP contribution in [0.2, 0.25) is 0 Å². The maximum absolute atomic E-state index is 12.4. The third-order valence-electron chi connectivity index (χ3n) is 5.91. The Bertz CT molecular complexity index is 982. The van der Waals surface area contributed by atoms with Crippen molar-refractivity contribution in [3.8, 4) is 5.75 Å². The normalized spacial score (nSPS) is 18.5. The second-order valence-corrected chi connectivity index (χ2v) is 8.58. The molecule has 2 amide bonds. The molecule has 2 heterocycles. The summed E-state index contributed by atoms with van der Waals surface area (Å²) in [7, 11) is 0. The Morgan fingerprint density at radius 1 is 1.06 bits per heavy atom. The highest BCUT2D eigenvalue weighted by atomic mass is 16.5. The van der Waals surface area contributed by atoms with Crippen LogP contribution in [0.5, 0.6) is 5.75 Å². The van der Waals surface area contributed by atoms with Crippen molar-refractivity contribution in [3.63, 3.8) is 0 Å². The summed E-state index contributed by atoms with van der Waals surface area (Å²) < 4.78 is 16.4. The molecule has 0 aliphatic carbocycles. The number of hydrazone groups is 1. The van der Waals surface area contributed by atoms with Gasteiger partial charge in [0.1, 0.15) is 5.75 Å². The van der Waals surface area contributed by atoms with Gasteiger partial charge in [-0.05, 0) is 60.4 Å². The van der Waals surface area contributed by atoms with Crippen molar-refractivity contribution in [1.82, 2.24) is 15.6 Å². The number of amides is 2. The first-order valence-electron chi connectivity index (χ1n) is 12.0. The van der Waals surface area contributed by atoms with Crippen molar-refractivity contribution in [1.29, 1.82) is 0 Å². The summed E-state index contributed by atoms with van der Waals surface area (Å²) in [6, 6.07) is 14.7. The first-order valence-corrected chi connectivity index (χ1v) is 12.0. The van der Waals surface area contributed by atoms with Crippen molar-refractivity contribution in [2.75, 3.05) is 46.1 Å². The van der Waals surface area contributed by atoms with Gasteiger partial charge < -0.3 is 19.5 Å². The lowest BCUT2D eigenvalue weighted by Gasteiger charge is -2.26. The predicted octanol–water partition coefficient (Wildman–Crippen LogP) is 1.96. The van der Waals surface area contributed by atoms with E-state index in [-0.39, 0.29) is 24.5 Å². The number of carbonyl (C=O) groups is 2. The number of nitrogens with one attached hydrogen (secondary N) is 2. The number of nitrogens with zero attached hydrogens (tertiary/aromatic N) is 2. The van der Waals surface area contributed by atoms with E-state index in [1.165, 1.54) is 0 Å². The molecule has 186 valence electrons. The molecule has 2 N–H and O–H groups in total. The fourth-order valence-electron chi connectivity index (χ4n) is 3.89. The second-order valence-electron chi connectivity index (χ2n) is 8.58. The number of benzene rings is 2. The third kappa shape index (κ3) is 8.17. The summed E-state index contributed by atoms with van der Waals surface area (Å²) >= 11 is 0. The first kappa shape index (κ1) is 24.8. The molecule has 2 fully saturated rings. The van der Waals surface area contributed by atoms with Crippen LogP contribution >= 0.6 is 0 Å². The highest BCUT2D eigenvalue weighted by Gasteiger charge is 2.16. The summed E-state index contributed by atoms with van der Waals surface area (Å²) in [6.45, 7) is 5.46. The van der Waals surface area contributed by atoms with Crippen molar-refractivity contribution < 1.29 is 23.8 Å². The van der Waals surface area contributed by atoms with E-state index < -0.39 is 0 Å². The fourth-order valence-corrected chi connectivity index (χ4v) is 3.89. The van der Waals surface area contributed by atoms with Crippen LogP contribution in [0.4, 0.5) is 0 Å². The zero-order valence-electron chi connectivity index (χ0n) is 19.8. The lowest BCUT2D eigenvalue weighted by atomic mass is 10.1. The summed E-state index contributed by atoms with van der Waals surface area (Å²) in [5.41, 5.74) is 5.05. The number of morpholine rings is 1. The van der Waals surface area contributed by atoms with E-state index in [4.69, 9.17) is 14.2 Å². The van der Waals surface area contributed by atoms with Crippen molar-refractivity contribution in [3.05, 3.63) is 65.2 Å². The Morgan fingerprint density at radius 2 is 1.83 bits per heavy atom. The van der Waals surface area contributed by atoms with Gasteiger partial charge in [-0.1, -0.05) is 12.1 Å². The van der Waals surface area contributed by atoms with Gasteiger partial charge in [0.2, 0.25) is 0 Å². The molecule has 35 heavy (non-hydrogen) atoms. The van der Waals surface area contributed by atoms with Crippen molar-refractivity contribution in [2.45, 2.75) is 25.5 Å². The molecule has 2 aliphatic heterocycles. The highest BCUT2D eigenvalue weighted by Crippen LogP contribution is 2.12. The van der Waals surface area contributed by atoms with Gasteiger partial charge in [-0.25, -0.2) is 5.43 Å². The van der Waals surface area contributed by atoms with E-state index >= 15 is 0 Å². The molecule has 1 atom stereocenters. The predicted molar refractivity (Wildman–Crippen MR) is 132 cm³/mol. The number of ether oxygens (including phenoxy) is 3. The smallest absolute Gasteiger partial charge is 0.271 e. The van der Waals surface area contributed by atoms with Crippen LogP contribution in [0.15, 0.2) is 53.6 Å². The largest absolute Gasteiger partial charge is 0.484 e. The SMILES string of the molecule is O=C(COc1ccc(/C=N\NC(=O)c2ccc(CN3CCOCC3)cc2)cc1)NC[C@@H]1CCCO1. The molecule has 0 spiro atoms. The molecule has 4 rings (SSSR count). The van der Waals surface area contributed by atoms with E-state index in [9.17, 15) is 9.59 Å². The van der Waals surface area contributed by atoms with E-state index in [0.29, 0.717) is 17.9 Å². The number of hydrogen-bond acceptors (Lipinski definition) is 7. The molecule has 2 aromatic rings. The minimum atomic E-state index is -0.270. The molecule has 0 radical (unpaired) electrons. The monoisotopic (exact) mass is 480 g/mol. The molecule has 0 bridgehead atoms. The molecule has 2 aliphatic rings. The van der Waals surface area contributed by atoms with Gasteiger partial charge >= 0.3 is 0 Å². The zero-order valence-corrected chi connectivity index (χ0v) is 19.8. The van der Waals surface area contributed by atoms with E-state index in [2.05, 4.69) is 20.7 Å². The summed E-state index contributed by atoms with van der Waals surface area (Å²) in [5, 5.41) is 6.86. The maximum atomic E-state index is 12.4. The lowest BCUT2D eigenvalue weighted by molar-refractivity contribution is -0.123. The Balaban J connectivity index is 1.16. The van der Waals surface area contributed by atoms with E-state index in [1.807, 2.05) is 24.3 Å². The average molecular weight is 481 g/mol. The van der Waals surface area contributed by atoms with Crippen LogP contribution in [0, 0.1) is 0 Å². The van der Waals surface area contributed by atoms with Gasteiger partial charge in [0.15, 0.2) is 6.61 Å². The van der Waals surface area contributed by atoms with Gasteiger partial charge in [-0.15, -0.1) is 0 Å². The van der Waals surface area contributed by atoms with Crippen LogP contribution in [0.3, 0.4) is 0 Å². The van der Waals surface area contributed by atoms with Gasteiger partial charge in [0, 0.05) is 38.3 Å². The average Bonchev–Trinajstić information content (AvgIpc) is 3.42. The summed E-state index contributed by atoms with van der Waals surface area (Å²) in [4.78, 5) is 26.6. The fraction of sp³-hybridized carbons (Fsp3) is 0.423.